The number of carbonyl (C=O) groups excluding carboxylic acids is 1. The van der Waals surface area contributed by atoms with E-state index in [1.807, 2.05) is 0 Å². The molecular formula is C20H15O4+. The summed E-state index contributed by atoms with van der Waals surface area (Å²) >= 11 is 0. The number of benzene rings is 2. The Balaban J connectivity index is 2.28. The van der Waals surface area contributed by atoms with Crippen molar-refractivity contribution < 1.29 is 19.8 Å². The minimum Gasteiger partial charge on any atom is -0.508 e. The molecule has 0 spiro atoms. The lowest BCUT2D eigenvalue weighted by atomic mass is 9.88. The van der Waals surface area contributed by atoms with E-state index in [1.54, 1.807) is 72.8 Å². The fraction of sp³-hybridized carbons (Fsp3) is 0. The van der Waals surface area contributed by atoms with Gasteiger partial charge in [0, 0.05) is 12.2 Å². The molecule has 3 N–H and O–H groups in total. The minimum absolute atomic E-state index is 0.135. The van der Waals surface area contributed by atoms with Crippen LogP contribution in [-0.4, -0.2) is 26.8 Å². The molecule has 0 radical (unpaired) electrons. The number of phenolic OH excluding ortho intramolecular Hbond substituents is 1. The average molecular weight is 319 g/mol. The molecule has 0 aromatic heterocycles. The molecule has 1 aliphatic rings. The van der Waals surface area contributed by atoms with Crippen LogP contribution in [-0.2, 0) is 0 Å². The zero-order valence-electron chi connectivity index (χ0n) is 12.7. The molecule has 0 heterocycles. The van der Waals surface area contributed by atoms with E-state index in [4.69, 9.17) is 0 Å². The lowest BCUT2D eigenvalue weighted by Crippen LogP contribution is -2.04. The summed E-state index contributed by atoms with van der Waals surface area (Å²) in [5, 5.41) is 19.0. The summed E-state index contributed by atoms with van der Waals surface area (Å²) in [7, 11) is 0. The molecule has 4 nitrogen and oxygen atoms in total. The molecular weight excluding hydrogens is 304 g/mol. The van der Waals surface area contributed by atoms with E-state index in [-0.39, 0.29) is 17.1 Å². The predicted octanol–water partition coefficient (Wildman–Crippen LogP) is 3.56. The molecule has 0 unspecified atom stereocenters. The molecule has 0 bridgehead atoms. The van der Waals surface area contributed by atoms with Crippen LogP contribution in [0.15, 0.2) is 78.4 Å². The maximum absolute atomic E-state index is 11.6. The Kier molecular flexibility index (Phi) is 4.12. The fourth-order valence-corrected chi connectivity index (χ4v) is 2.62. The lowest BCUT2D eigenvalue weighted by molar-refractivity contribution is 0.0696. The van der Waals surface area contributed by atoms with Gasteiger partial charge in [-0.25, -0.2) is 4.79 Å². The Bertz CT molecular complexity index is 881. The predicted molar refractivity (Wildman–Crippen MR) is 92.8 cm³/mol. The van der Waals surface area contributed by atoms with Gasteiger partial charge in [0.25, 0.3) is 0 Å². The van der Waals surface area contributed by atoms with Gasteiger partial charge in [-0.05, 0) is 52.6 Å². The second kappa shape index (κ2) is 6.38. The van der Waals surface area contributed by atoms with Crippen LogP contribution in [0.5, 0.6) is 5.75 Å². The third kappa shape index (κ3) is 3.03. The van der Waals surface area contributed by atoms with Crippen molar-refractivity contribution in [3.63, 3.8) is 0 Å². The van der Waals surface area contributed by atoms with Gasteiger partial charge in [0.1, 0.15) is 5.75 Å². The summed E-state index contributed by atoms with van der Waals surface area (Å²) in [4.78, 5) is 21.1. The van der Waals surface area contributed by atoms with E-state index in [0.29, 0.717) is 11.1 Å². The first-order chi connectivity index (χ1) is 11.6. The van der Waals surface area contributed by atoms with Gasteiger partial charge in [-0.2, -0.15) is 0 Å². The Hall–Kier alpha value is -3.40. The van der Waals surface area contributed by atoms with Crippen LogP contribution in [0.2, 0.25) is 0 Å². The highest BCUT2D eigenvalue weighted by atomic mass is 16.4. The minimum atomic E-state index is -1.01. The summed E-state index contributed by atoms with van der Waals surface area (Å²) < 4.78 is 0. The summed E-state index contributed by atoms with van der Waals surface area (Å²) in [5.74, 6) is -0.744. The second-order valence-corrected chi connectivity index (χ2v) is 5.32. The highest BCUT2D eigenvalue weighted by Crippen LogP contribution is 2.32. The molecule has 118 valence electrons. The molecule has 0 amide bonds. The summed E-state index contributed by atoms with van der Waals surface area (Å²) in [6, 6.07) is 13.3. The van der Waals surface area contributed by atoms with E-state index >= 15 is 0 Å². The lowest BCUT2D eigenvalue weighted by Gasteiger charge is -2.15. The van der Waals surface area contributed by atoms with Crippen LogP contribution >= 0.6 is 0 Å². The summed E-state index contributed by atoms with van der Waals surface area (Å²) in [5.41, 5.74) is 3.02. The third-order valence-electron chi connectivity index (χ3n) is 3.74. The molecule has 0 aliphatic heterocycles. The molecule has 0 fully saturated rings. The van der Waals surface area contributed by atoms with Crippen molar-refractivity contribution in [1.29, 1.82) is 0 Å². The molecule has 1 aliphatic carbocycles. The van der Waals surface area contributed by atoms with Gasteiger partial charge in [0.15, 0.2) is 0 Å². The van der Waals surface area contributed by atoms with Crippen molar-refractivity contribution in [3.8, 4) is 5.75 Å². The summed E-state index contributed by atoms with van der Waals surface area (Å²) in [6.45, 7) is 0. The highest BCUT2D eigenvalue weighted by molar-refractivity contribution is 6.05. The standard InChI is InChI=1S/C20H14O4/c21-15-9-5-13(6-10-15)19(14-7-11-16(22)12-8-14)17-3-1-2-4-18(17)20(23)24/h1-12,21H,(H,23,24)/p+1. The number of phenols is 1. The van der Waals surface area contributed by atoms with Crippen LogP contribution in [0.25, 0.3) is 5.57 Å². The SMILES string of the molecule is O=C(O)c1ccccc1C(=C1C=CC(=[OH+])C=C1)c1ccc(O)cc1. The number of aromatic carboxylic acids is 1. The van der Waals surface area contributed by atoms with Crippen LogP contribution in [0, 0.1) is 0 Å². The number of ketones is 1. The smallest absolute Gasteiger partial charge is 0.340 e. The molecule has 0 atom stereocenters. The average Bonchev–Trinajstić information content (AvgIpc) is 2.59. The number of allylic oxidation sites excluding steroid dienone is 5. The number of aromatic hydroxyl groups is 1. The third-order valence-corrected chi connectivity index (χ3v) is 3.74. The topological polar surface area (TPSA) is 78.9 Å². The number of carboxylic acids is 1. The van der Waals surface area contributed by atoms with E-state index in [9.17, 15) is 19.8 Å². The normalized spacial score (nSPS) is 13.2. The number of carbonyl (C=O) groups is 1. The van der Waals surface area contributed by atoms with Gasteiger partial charge in [-0.1, -0.05) is 30.3 Å². The van der Waals surface area contributed by atoms with E-state index in [1.165, 1.54) is 0 Å². The molecule has 2 aromatic carbocycles. The highest BCUT2D eigenvalue weighted by Gasteiger charge is 2.18. The molecule has 4 heteroatoms. The van der Waals surface area contributed by atoms with E-state index < -0.39 is 5.97 Å². The number of carboxylic acid groups (broad SMARTS) is 1. The Morgan fingerprint density at radius 2 is 1.42 bits per heavy atom. The van der Waals surface area contributed by atoms with Crippen molar-refractivity contribution in [2.45, 2.75) is 0 Å². The molecule has 24 heavy (non-hydrogen) atoms. The van der Waals surface area contributed by atoms with Crippen molar-refractivity contribution in [3.05, 3.63) is 95.1 Å². The van der Waals surface area contributed by atoms with Gasteiger partial charge in [0.2, 0.25) is 0 Å². The Labute approximate surface area is 138 Å². The van der Waals surface area contributed by atoms with Crippen molar-refractivity contribution in [2.24, 2.45) is 0 Å². The zero-order chi connectivity index (χ0) is 17.1. The van der Waals surface area contributed by atoms with Gasteiger partial charge in [0.05, 0.1) is 5.56 Å². The quantitative estimate of drug-likeness (QED) is 0.849. The van der Waals surface area contributed by atoms with Crippen molar-refractivity contribution in [1.82, 2.24) is 0 Å². The molecule has 0 saturated carbocycles. The second-order valence-electron chi connectivity index (χ2n) is 5.32. The van der Waals surface area contributed by atoms with Gasteiger partial charge >= 0.3 is 11.8 Å². The number of hydrogen-bond acceptors (Lipinski definition) is 2. The zero-order valence-corrected chi connectivity index (χ0v) is 12.7. The summed E-state index contributed by atoms with van der Waals surface area (Å²) in [6.07, 6.45) is 6.57. The van der Waals surface area contributed by atoms with E-state index in [2.05, 4.69) is 0 Å². The molecule has 3 rings (SSSR count). The molecule has 2 aromatic rings. The van der Waals surface area contributed by atoms with Gasteiger partial charge < -0.3 is 10.2 Å². The van der Waals surface area contributed by atoms with Crippen molar-refractivity contribution >= 4 is 17.3 Å². The Morgan fingerprint density at radius 1 is 0.833 bits per heavy atom. The van der Waals surface area contributed by atoms with Gasteiger partial charge in [-0.15, -0.1) is 0 Å². The van der Waals surface area contributed by atoms with E-state index in [0.717, 1.165) is 11.1 Å². The first-order valence-electron chi connectivity index (χ1n) is 7.35. The number of rotatable bonds is 3. The van der Waals surface area contributed by atoms with Crippen LogP contribution in [0.1, 0.15) is 21.5 Å². The van der Waals surface area contributed by atoms with Gasteiger partial charge in [-0.3, -0.25) is 4.79 Å². The Morgan fingerprint density at radius 3 is 2.00 bits per heavy atom. The number of hydrogen-bond donors (Lipinski definition) is 2. The fourth-order valence-electron chi connectivity index (χ4n) is 2.62. The molecule has 0 saturated heterocycles. The maximum Gasteiger partial charge on any atom is 0.340 e. The largest absolute Gasteiger partial charge is 0.508 e. The van der Waals surface area contributed by atoms with Crippen molar-refractivity contribution in [2.75, 3.05) is 0 Å². The maximum atomic E-state index is 11.6. The van der Waals surface area contributed by atoms with Crippen LogP contribution in [0.3, 0.4) is 0 Å². The van der Waals surface area contributed by atoms with Crippen LogP contribution in [0.4, 0.5) is 0 Å². The monoisotopic (exact) mass is 319 g/mol. The first kappa shape index (κ1) is 15.5. The van der Waals surface area contributed by atoms with Crippen LogP contribution < -0.4 is 0 Å². The first-order valence-corrected chi connectivity index (χ1v) is 7.35.